The van der Waals surface area contributed by atoms with E-state index in [-0.39, 0.29) is 6.04 Å². The van der Waals surface area contributed by atoms with Crippen molar-refractivity contribution in [3.8, 4) is 0 Å². The Hall–Kier alpha value is -2.14. The minimum absolute atomic E-state index is 0.0878. The van der Waals surface area contributed by atoms with Crippen LogP contribution in [0.2, 0.25) is 10.0 Å². The van der Waals surface area contributed by atoms with Gasteiger partial charge in [0.1, 0.15) is 0 Å². The van der Waals surface area contributed by atoms with Crippen molar-refractivity contribution in [1.82, 2.24) is 4.90 Å². The van der Waals surface area contributed by atoms with Crippen molar-refractivity contribution in [3.63, 3.8) is 0 Å². The first-order valence-corrected chi connectivity index (χ1v) is 10.2. The number of rotatable bonds is 4. The summed E-state index contributed by atoms with van der Waals surface area (Å²) in [6, 6.07) is 19.9. The highest BCUT2D eigenvalue weighted by atomic mass is 35.5. The van der Waals surface area contributed by atoms with Gasteiger partial charge in [-0.3, -0.25) is 4.90 Å². The summed E-state index contributed by atoms with van der Waals surface area (Å²) in [5.41, 5.74) is 2.96. The quantitative estimate of drug-likeness (QED) is 0.474. The molecular weight excluding hydrogens is 413 g/mol. The fraction of sp³-hybridized carbons (Fsp3) is 0.217. The van der Waals surface area contributed by atoms with Crippen LogP contribution < -0.4 is 4.90 Å². The van der Waals surface area contributed by atoms with E-state index < -0.39 is 11.6 Å². The second-order valence-electron chi connectivity index (χ2n) is 7.22. The Morgan fingerprint density at radius 1 is 0.828 bits per heavy atom. The van der Waals surface area contributed by atoms with Crippen LogP contribution >= 0.6 is 23.2 Å². The van der Waals surface area contributed by atoms with Crippen molar-refractivity contribution >= 4 is 28.9 Å². The average molecular weight is 433 g/mol. The van der Waals surface area contributed by atoms with Crippen LogP contribution in [0.5, 0.6) is 0 Å². The van der Waals surface area contributed by atoms with Crippen LogP contribution in [0, 0.1) is 11.6 Å². The highest BCUT2D eigenvalue weighted by Gasteiger charge is 2.28. The minimum Gasteiger partial charge on any atom is -0.362 e. The van der Waals surface area contributed by atoms with Crippen LogP contribution in [0.1, 0.15) is 17.2 Å². The van der Waals surface area contributed by atoms with Crippen molar-refractivity contribution in [2.45, 2.75) is 12.6 Å². The van der Waals surface area contributed by atoms with Gasteiger partial charge in [-0.2, -0.15) is 0 Å². The lowest BCUT2D eigenvalue weighted by Crippen LogP contribution is -2.48. The van der Waals surface area contributed by atoms with Crippen LogP contribution in [0.3, 0.4) is 0 Å². The van der Waals surface area contributed by atoms with Crippen LogP contribution in [-0.2, 0) is 6.54 Å². The Kier molecular flexibility index (Phi) is 6.04. The number of piperazine rings is 1. The molecule has 0 saturated carbocycles. The van der Waals surface area contributed by atoms with E-state index in [4.69, 9.17) is 23.2 Å². The van der Waals surface area contributed by atoms with Gasteiger partial charge in [-0.15, -0.1) is 0 Å². The minimum atomic E-state index is -0.821. The fourth-order valence-electron chi connectivity index (χ4n) is 3.81. The van der Waals surface area contributed by atoms with E-state index in [2.05, 4.69) is 15.9 Å². The van der Waals surface area contributed by atoms with Gasteiger partial charge in [0.15, 0.2) is 11.6 Å². The van der Waals surface area contributed by atoms with E-state index in [0.29, 0.717) is 16.6 Å². The Labute approximate surface area is 179 Å². The molecule has 0 amide bonds. The molecule has 2 nitrogen and oxygen atoms in total. The van der Waals surface area contributed by atoms with E-state index in [0.717, 1.165) is 36.4 Å². The molecule has 6 heteroatoms. The molecule has 1 aliphatic heterocycles. The van der Waals surface area contributed by atoms with E-state index >= 15 is 0 Å². The fourth-order valence-corrected chi connectivity index (χ4v) is 4.12. The molecule has 0 aromatic heterocycles. The normalized spacial score (nSPS) is 17.5. The maximum atomic E-state index is 13.6. The molecule has 29 heavy (non-hydrogen) atoms. The predicted molar refractivity (Wildman–Crippen MR) is 115 cm³/mol. The average Bonchev–Trinajstić information content (AvgIpc) is 2.71. The number of hydrogen-bond donors (Lipinski definition) is 0. The molecule has 1 fully saturated rings. The third-order valence-electron chi connectivity index (χ3n) is 5.25. The molecule has 0 N–H and O–H groups in total. The van der Waals surface area contributed by atoms with Gasteiger partial charge < -0.3 is 4.90 Å². The maximum absolute atomic E-state index is 13.6. The standard InChI is InChI=1S/C23H20Cl2F2N2/c24-18-7-5-17(6-8-18)23-15-28(14-16-4-9-21(26)22(27)12-16)10-11-29(23)20-3-1-2-19(25)13-20/h1-9,12-13,23H,10-11,14-15H2. The number of nitrogens with zero attached hydrogens (tertiary/aromatic N) is 2. The molecule has 1 heterocycles. The summed E-state index contributed by atoms with van der Waals surface area (Å²) >= 11 is 12.3. The number of anilines is 1. The largest absolute Gasteiger partial charge is 0.362 e. The summed E-state index contributed by atoms with van der Waals surface area (Å²) in [6.45, 7) is 2.89. The number of halogens is 4. The topological polar surface area (TPSA) is 6.48 Å². The molecule has 0 aliphatic carbocycles. The number of benzene rings is 3. The van der Waals surface area contributed by atoms with E-state index in [1.807, 2.05) is 42.5 Å². The lowest BCUT2D eigenvalue weighted by molar-refractivity contribution is 0.215. The molecule has 0 radical (unpaired) electrons. The third-order valence-corrected chi connectivity index (χ3v) is 5.74. The smallest absolute Gasteiger partial charge is 0.159 e. The van der Waals surface area contributed by atoms with Crippen LogP contribution in [0.25, 0.3) is 0 Å². The maximum Gasteiger partial charge on any atom is 0.159 e. The Balaban J connectivity index is 1.60. The first-order chi connectivity index (χ1) is 14.0. The second kappa shape index (κ2) is 8.70. The van der Waals surface area contributed by atoms with Crippen molar-refractivity contribution in [3.05, 3.63) is 99.5 Å². The van der Waals surface area contributed by atoms with E-state index in [1.165, 1.54) is 12.1 Å². The van der Waals surface area contributed by atoms with Crippen LogP contribution in [-0.4, -0.2) is 24.5 Å². The van der Waals surface area contributed by atoms with Gasteiger partial charge in [0, 0.05) is 41.9 Å². The van der Waals surface area contributed by atoms with Gasteiger partial charge in [0.05, 0.1) is 6.04 Å². The van der Waals surface area contributed by atoms with Crippen molar-refractivity contribution in [2.24, 2.45) is 0 Å². The predicted octanol–water partition coefficient (Wildman–Crippen LogP) is 6.34. The monoisotopic (exact) mass is 432 g/mol. The SMILES string of the molecule is Fc1ccc(CN2CCN(c3cccc(Cl)c3)C(c3ccc(Cl)cc3)C2)cc1F. The highest BCUT2D eigenvalue weighted by Crippen LogP contribution is 2.33. The second-order valence-corrected chi connectivity index (χ2v) is 8.10. The van der Waals surface area contributed by atoms with Gasteiger partial charge in [-0.05, 0) is 53.6 Å². The van der Waals surface area contributed by atoms with Crippen molar-refractivity contribution in [1.29, 1.82) is 0 Å². The Morgan fingerprint density at radius 3 is 2.34 bits per heavy atom. The zero-order valence-electron chi connectivity index (χ0n) is 15.7. The van der Waals surface area contributed by atoms with Crippen molar-refractivity contribution < 1.29 is 8.78 Å². The van der Waals surface area contributed by atoms with E-state index in [1.54, 1.807) is 6.07 Å². The zero-order valence-corrected chi connectivity index (χ0v) is 17.2. The third kappa shape index (κ3) is 4.72. The molecule has 3 aromatic carbocycles. The van der Waals surface area contributed by atoms with Crippen LogP contribution in [0.15, 0.2) is 66.7 Å². The van der Waals surface area contributed by atoms with Gasteiger partial charge >= 0.3 is 0 Å². The molecule has 0 spiro atoms. The van der Waals surface area contributed by atoms with Crippen LogP contribution in [0.4, 0.5) is 14.5 Å². The van der Waals surface area contributed by atoms with Gasteiger partial charge in [0.2, 0.25) is 0 Å². The summed E-state index contributed by atoms with van der Waals surface area (Å²) in [5.74, 6) is -1.63. The lowest BCUT2D eigenvalue weighted by Gasteiger charge is -2.43. The molecule has 4 rings (SSSR count). The Morgan fingerprint density at radius 2 is 1.62 bits per heavy atom. The summed E-state index contributed by atoms with van der Waals surface area (Å²) in [6.07, 6.45) is 0. The molecule has 1 aliphatic rings. The van der Waals surface area contributed by atoms with E-state index in [9.17, 15) is 8.78 Å². The molecule has 1 unspecified atom stereocenters. The molecule has 150 valence electrons. The van der Waals surface area contributed by atoms with Crippen molar-refractivity contribution in [2.75, 3.05) is 24.5 Å². The molecule has 1 saturated heterocycles. The summed E-state index contributed by atoms with van der Waals surface area (Å²) < 4.78 is 26.9. The molecule has 0 bridgehead atoms. The summed E-state index contributed by atoms with van der Waals surface area (Å²) in [7, 11) is 0. The first kappa shape index (κ1) is 20.1. The lowest BCUT2D eigenvalue weighted by atomic mass is 10.0. The summed E-state index contributed by atoms with van der Waals surface area (Å²) in [5, 5.41) is 1.39. The van der Waals surface area contributed by atoms with Gasteiger partial charge in [-0.25, -0.2) is 8.78 Å². The Bertz CT molecular complexity index is 994. The summed E-state index contributed by atoms with van der Waals surface area (Å²) in [4.78, 5) is 4.59. The first-order valence-electron chi connectivity index (χ1n) is 9.43. The van der Waals surface area contributed by atoms with Gasteiger partial charge in [-0.1, -0.05) is 47.5 Å². The highest BCUT2D eigenvalue weighted by molar-refractivity contribution is 6.31. The van der Waals surface area contributed by atoms with Gasteiger partial charge in [0.25, 0.3) is 0 Å². The zero-order chi connectivity index (χ0) is 20.4. The molecule has 3 aromatic rings. The number of hydrogen-bond acceptors (Lipinski definition) is 2. The molecule has 1 atom stereocenters. The molecular formula is C23H20Cl2F2N2.